The Morgan fingerprint density at radius 3 is 2.81 bits per heavy atom. The van der Waals surface area contributed by atoms with Crippen LogP contribution in [0.2, 0.25) is 0 Å². The second-order valence-electron chi connectivity index (χ2n) is 3.54. The predicted octanol–water partition coefficient (Wildman–Crippen LogP) is 0.675. The van der Waals surface area contributed by atoms with Gasteiger partial charge in [-0.2, -0.15) is 0 Å². The van der Waals surface area contributed by atoms with Gasteiger partial charge in [-0.15, -0.1) is 0 Å². The Balaban J connectivity index is 2.45. The summed E-state index contributed by atoms with van der Waals surface area (Å²) in [5.41, 5.74) is -0.0551. The van der Waals surface area contributed by atoms with Crippen LogP contribution in [-0.2, 0) is 6.54 Å². The molecule has 0 aliphatic rings. The van der Waals surface area contributed by atoms with Gasteiger partial charge in [-0.3, -0.25) is 4.79 Å². The highest BCUT2D eigenvalue weighted by molar-refractivity contribution is 5.30. The summed E-state index contributed by atoms with van der Waals surface area (Å²) in [4.78, 5) is 15.8. The molecular formula is C11H20N4O. The van der Waals surface area contributed by atoms with Crippen molar-refractivity contribution in [1.29, 1.82) is 0 Å². The molecule has 0 aliphatic carbocycles. The maximum absolute atomic E-state index is 11.7. The molecule has 1 aromatic heterocycles. The van der Waals surface area contributed by atoms with Gasteiger partial charge in [-0.25, -0.2) is 4.98 Å². The van der Waals surface area contributed by atoms with Crippen LogP contribution in [0.1, 0.15) is 20.3 Å². The first-order valence-corrected chi connectivity index (χ1v) is 5.79. The van der Waals surface area contributed by atoms with Crippen molar-refractivity contribution in [2.75, 3.05) is 25.0 Å². The smallest absolute Gasteiger partial charge is 0.293 e. The van der Waals surface area contributed by atoms with Gasteiger partial charge in [-0.05, 0) is 19.9 Å². The van der Waals surface area contributed by atoms with E-state index in [1.54, 1.807) is 17.0 Å². The summed E-state index contributed by atoms with van der Waals surface area (Å²) in [5, 5.41) is 6.29. The molecule has 2 N–H and O–H groups in total. The lowest BCUT2D eigenvalue weighted by Crippen LogP contribution is -2.28. The van der Waals surface area contributed by atoms with E-state index in [9.17, 15) is 4.79 Å². The van der Waals surface area contributed by atoms with Crippen molar-refractivity contribution in [3.63, 3.8) is 0 Å². The van der Waals surface area contributed by atoms with E-state index in [0.29, 0.717) is 12.4 Å². The number of aromatic nitrogens is 2. The molecule has 1 aromatic rings. The number of rotatable bonds is 7. The maximum atomic E-state index is 11.7. The zero-order chi connectivity index (χ0) is 11.8. The molecule has 0 spiro atoms. The Morgan fingerprint density at radius 1 is 1.31 bits per heavy atom. The fourth-order valence-corrected chi connectivity index (χ4v) is 1.39. The number of anilines is 1. The summed E-state index contributed by atoms with van der Waals surface area (Å²) >= 11 is 0. The van der Waals surface area contributed by atoms with Crippen molar-refractivity contribution in [2.24, 2.45) is 0 Å². The second-order valence-corrected chi connectivity index (χ2v) is 3.54. The quantitative estimate of drug-likeness (QED) is 0.669. The van der Waals surface area contributed by atoms with Crippen molar-refractivity contribution in [1.82, 2.24) is 14.9 Å². The van der Waals surface area contributed by atoms with Gasteiger partial charge in [-0.1, -0.05) is 6.92 Å². The second kappa shape index (κ2) is 7.00. The Morgan fingerprint density at radius 2 is 2.12 bits per heavy atom. The summed E-state index contributed by atoms with van der Waals surface area (Å²) in [6, 6.07) is 0. The van der Waals surface area contributed by atoms with E-state index in [1.165, 1.54) is 0 Å². The average Bonchev–Trinajstić information content (AvgIpc) is 2.31. The van der Waals surface area contributed by atoms with Gasteiger partial charge in [0, 0.05) is 32.0 Å². The fourth-order valence-electron chi connectivity index (χ4n) is 1.39. The molecule has 0 saturated carbocycles. The third kappa shape index (κ3) is 3.66. The van der Waals surface area contributed by atoms with Crippen molar-refractivity contribution in [3.05, 3.63) is 22.7 Å². The number of hydrogen-bond acceptors (Lipinski definition) is 4. The highest BCUT2D eigenvalue weighted by Gasteiger charge is 2.01. The average molecular weight is 224 g/mol. The first-order valence-electron chi connectivity index (χ1n) is 5.79. The van der Waals surface area contributed by atoms with Crippen LogP contribution in [0.15, 0.2) is 17.2 Å². The topological polar surface area (TPSA) is 59.0 Å². The summed E-state index contributed by atoms with van der Waals surface area (Å²) in [7, 11) is 0. The molecular weight excluding hydrogens is 204 g/mol. The summed E-state index contributed by atoms with van der Waals surface area (Å²) < 4.78 is 1.63. The maximum Gasteiger partial charge on any atom is 0.293 e. The largest absolute Gasteiger partial charge is 0.364 e. The van der Waals surface area contributed by atoms with Crippen LogP contribution in [0, 0.1) is 0 Å². The van der Waals surface area contributed by atoms with Gasteiger partial charge in [0.15, 0.2) is 5.82 Å². The summed E-state index contributed by atoms with van der Waals surface area (Å²) in [6.07, 6.45) is 4.46. The van der Waals surface area contributed by atoms with Crippen LogP contribution >= 0.6 is 0 Å². The molecule has 0 unspecified atom stereocenters. The SMILES string of the molecule is CCCNCCNc1nccn(CC)c1=O. The number of hydrogen-bond donors (Lipinski definition) is 2. The third-order valence-corrected chi connectivity index (χ3v) is 2.28. The van der Waals surface area contributed by atoms with E-state index in [-0.39, 0.29) is 5.56 Å². The normalized spacial score (nSPS) is 10.4. The van der Waals surface area contributed by atoms with E-state index < -0.39 is 0 Å². The van der Waals surface area contributed by atoms with Gasteiger partial charge in [0.1, 0.15) is 0 Å². The number of nitrogens with zero attached hydrogens (tertiary/aromatic N) is 2. The van der Waals surface area contributed by atoms with Gasteiger partial charge in [0.25, 0.3) is 5.56 Å². The van der Waals surface area contributed by atoms with Gasteiger partial charge < -0.3 is 15.2 Å². The molecule has 1 heterocycles. The zero-order valence-electron chi connectivity index (χ0n) is 9.99. The summed E-state index contributed by atoms with van der Waals surface area (Å²) in [6.45, 7) is 7.30. The van der Waals surface area contributed by atoms with Gasteiger partial charge in [0.2, 0.25) is 0 Å². The van der Waals surface area contributed by atoms with Crippen LogP contribution in [0.25, 0.3) is 0 Å². The predicted molar refractivity (Wildman–Crippen MR) is 65.8 cm³/mol. The third-order valence-electron chi connectivity index (χ3n) is 2.28. The van der Waals surface area contributed by atoms with Crippen LogP contribution in [0.3, 0.4) is 0 Å². The highest BCUT2D eigenvalue weighted by Crippen LogP contribution is 1.91. The van der Waals surface area contributed by atoms with Gasteiger partial charge in [0.05, 0.1) is 0 Å². The molecule has 16 heavy (non-hydrogen) atoms. The number of nitrogens with one attached hydrogen (secondary N) is 2. The van der Waals surface area contributed by atoms with Crippen molar-refractivity contribution in [2.45, 2.75) is 26.8 Å². The lowest BCUT2D eigenvalue weighted by Gasteiger charge is -2.07. The lowest BCUT2D eigenvalue weighted by atomic mass is 10.4. The van der Waals surface area contributed by atoms with E-state index in [0.717, 1.165) is 26.1 Å². The minimum Gasteiger partial charge on any atom is -0.364 e. The summed E-state index contributed by atoms with van der Waals surface area (Å²) in [5.74, 6) is 0.433. The molecule has 0 fully saturated rings. The molecule has 0 aromatic carbocycles. The monoisotopic (exact) mass is 224 g/mol. The molecule has 0 amide bonds. The Hall–Kier alpha value is -1.36. The zero-order valence-corrected chi connectivity index (χ0v) is 9.99. The molecule has 0 saturated heterocycles. The first kappa shape index (κ1) is 12.7. The minimum absolute atomic E-state index is 0.0551. The molecule has 5 heteroatoms. The Kier molecular flexibility index (Phi) is 5.56. The van der Waals surface area contributed by atoms with Crippen molar-refractivity contribution in [3.8, 4) is 0 Å². The van der Waals surface area contributed by atoms with Crippen LogP contribution in [-0.4, -0.2) is 29.2 Å². The standard InChI is InChI=1S/C11H20N4O/c1-3-5-12-6-7-13-10-11(16)15(4-2)9-8-14-10/h8-9,12H,3-7H2,1-2H3,(H,13,14). The van der Waals surface area contributed by atoms with Crippen molar-refractivity contribution < 1.29 is 0 Å². The molecule has 1 rings (SSSR count). The van der Waals surface area contributed by atoms with Gasteiger partial charge >= 0.3 is 0 Å². The number of aryl methyl sites for hydroxylation is 1. The van der Waals surface area contributed by atoms with Crippen LogP contribution < -0.4 is 16.2 Å². The van der Waals surface area contributed by atoms with E-state index >= 15 is 0 Å². The Bertz CT molecular complexity index is 361. The fraction of sp³-hybridized carbons (Fsp3) is 0.636. The van der Waals surface area contributed by atoms with Crippen LogP contribution in [0.5, 0.6) is 0 Å². The molecule has 0 radical (unpaired) electrons. The molecule has 0 bridgehead atoms. The van der Waals surface area contributed by atoms with Crippen LogP contribution in [0.4, 0.5) is 5.82 Å². The Labute approximate surface area is 95.9 Å². The molecule has 0 aliphatic heterocycles. The highest BCUT2D eigenvalue weighted by atomic mass is 16.1. The van der Waals surface area contributed by atoms with E-state index in [1.807, 2.05) is 6.92 Å². The molecule has 5 nitrogen and oxygen atoms in total. The van der Waals surface area contributed by atoms with E-state index in [2.05, 4.69) is 22.5 Å². The van der Waals surface area contributed by atoms with Crippen molar-refractivity contribution >= 4 is 5.82 Å². The first-order chi connectivity index (χ1) is 7.79. The molecule has 0 atom stereocenters. The molecule has 90 valence electrons. The minimum atomic E-state index is -0.0551. The lowest BCUT2D eigenvalue weighted by molar-refractivity contribution is 0.683. The van der Waals surface area contributed by atoms with E-state index in [4.69, 9.17) is 0 Å².